The number of nitrogens with two attached hydrogens (primary N) is 1. The number of anilines is 1. The average Bonchev–Trinajstić information content (AvgIpc) is 3.36. The molecule has 4 aromatic carbocycles. The Labute approximate surface area is 242 Å². The third-order valence-electron chi connectivity index (χ3n) is 7.09. The van der Waals surface area contributed by atoms with Gasteiger partial charge in [0.05, 0.1) is 11.1 Å². The van der Waals surface area contributed by atoms with Crippen molar-refractivity contribution in [2.75, 3.05) is 25.0 Å². The first kappa shape index (κ1) is 28.2. The number of hydrogen-bond acceptors (Lipinski definition) is 6. The highest BCUT2D eigenvalue weighted by molar-refractivity contribution is 6.13. The minimum Gasteiger partial charge on any atom is -0.507 e. The maximum absolute atomic E-state index is 13.6. The van der Waals surface area contributed by atoms with Gasteiger partial charge in [0.15, 0.2) is 0 Å². The molecule has 1 heterocycles. The Hall–Kier alpha value is -5.31. The van der Waals surface area contributed by atoms with Crippen LogP contribution in [0.2, 0.25) is 0 Å². The van der Waals surface area contributed by atoms with Gasteiger partial charge < -0.3 is 30.2 Å². The van der Waals surface area contributed by atoms with Crippen molar-refractivity contribution >= 4 is 28.5 Å². The summed E-state index contributed by atoms with van der Waals surface area (Å²) >= 11 is 0. The number of amides is 2. The molecule has 0 spiro atoms. The number of fused-ring (bicyclic) bond motifs is 1. The van der Waals surface area contributed by atoms with Gasteiger partial charge in [-0.2, -0.15) is 0 Å². The van der Waals surface area contributed by atoms with Crippen molar-refractivity contribution in [1.29, 1.82) is 0 Å². The SMILES string of the molecule is CCN(CC)c1cc2oc(-c3ccc(Oc4cccc(F)c4)cc3)c(C(=O)NC)c2cc1-c1ccc(O)c(C(N)=O)c1. The summed E-state index contributed by atoms with van der Waals surface area (Å²) in [5.41, 5.74) is 9.21. The van der Waals surface area contributed by atoms with Crippen LogP contribution in [0.15, 0.2) is 83.3 Å². The first-order valence-corrected chi connectivity index (χ1v) is 13.5. The number of halogens is 1. The maximum atomic E-state index is 13.6. The number of carbonyl (C=O) groups is 2. The topological polar surface area (TPSA) is 118 Å². The van der Waals surface area contributed by atoms with Gasteiger partial charge in [-0.15, -0.1) is 0 Å². The average molecular weight is 568 g/mol. The Bertz CT molecular complexity index is 1790. The summed E-state index contributed by atoms with van der Waals surface area (Å²) in [6.45, 7) is 5.44. The molecule has 4 N–H and O–H groups in total. The van der Waals surface area contributed by atoms with Gasteiger partial charge in [0.1, 0.15) is 34.4 Å². The number of phenols is 1. The van der Waals surface area contributed by atoms with Crippen LogP contribution in [-0.2, 0) is 0 Å². The van der Waals surface area contributed by atoms with Crippen molar-refractivity contribution in [3.63, 3.8) is 0 Å². The fourth-order valence-electron chi connectivity index (χ4n) is 4.98. The normalized spacial score (nSPS) is 11.0. The van der Waals surface area contributed by atoms with Crippen LogP contribution in [0.3, 0.4) is 0 Å². The van der Waals surface area contributed by atoms with Crippen LogP contribution in [0.25, 0.3) is 33.4 Å². The second kappa shape index (κ2) is 11.7. The zero-order valence-electron chi connectivity index (χ0n) is 23.4. The molecule has 0 aliphatic heterocycles. The molecular weight excluding hydrogens is 537 g/mol. The van der Waals surface area contributed by atoms with E-state index in [0.717, 1.165) is 11.3 Å². The highest BCUT2D eigenvalue weighted by atomic mass is 19.1. The summed E-state index contributed by atoms with van der Waals surface area (Å²) in [7, 11) is 1.55. The molecule has 5 rings (SSSR count). The number of primary amides is 1. The fraction of sp³-hybridized carbons (Fsp3) is 0.152. The highest BCUT2D eigenvalue weighted by Crippen LogP contribution is 2.42. The summed E-state index contributed by atoms with van der Waals surface area (Å²) in [5, 5.41) is 13.5. The Balaban J connectivity index is 1.67. The highest BCUT2D eigenvalue weighted by Gasteiger charge is 2.25. The van der Waals surface area contributed by atoms with Crippen molar-refractivity contribution in [1.82, 2.24) is 5.32 Å². The first-order chi connectivity index (χ1) is 20.2. The van der Waals surface area contributed by atoms with Gasteiger partial charge in [-0.05, 0) is 74.0 Å². The molecule has 1 aromatic heterocycles. The number of ether oxygens (including phenoxy) is 1. The molecular formula is C33H30FN3O5. The van der Waals surface area contributed by atoms with Crippen molar-refractivity contribution in [3.8, 4) is 39.7 Å². The summed E-state index contributed by atoms with van der Waals surface area (Å²) in [6, 6.07) is 21.2. The largest absolute Gasteiger partial charge is 0.507 e. The van der Waals surface area contributed by atoms with E-state index in [2.05, 4.69) is 10.2 Å². The van der Waals surface area contributed by atoms with E-state index in [1.807, 2.05) is 26.0 Å². The molecule has 0 atom stereocenters. The van der Waals surface area contributed by atoms with Gasteiger partial charge in [-0.1, -0.05) is 12.1 Å². The number of benzene rings is 4. The van der Waals surface area contributed by atoms with Crippen molar-refractivity contribution in [2.24, 2.45) is 5.73 Å². The predicted molar refractivity (Wildman–Crippen MR) is 161 cm³/mol. The maximum Gasteiger partial charge on any atom is 0.255 e. The smallest absolute Gasteiger partial charge is 0.255 e. The molecule has 0 aliphatic rings. The van der Waals surface area contributed by atoms with Crippen LogP contribution in [0.5, 0.6) is 17.2 Å². The number of rotatable bonds is 9. The van der Waals surface area contributed by atoms with E-state index in [1.54, 1.807) is 55.6 Å². The van der Waals surface area contributed by atoms with E-state index in [0.29, 0.717) is 58.0 Å². The summed E-state index contributed by atoms with van der Waals surface area (Å²) in [4.78, 5) is 27.4. The van der Waals surface area contributed by atoms with E-state index in [4.69, 9.17) is 14.9 Å². The van der Waals surface area contributed by atoms with E-state index >= 15 is 0 Å². The van der Waals surface area contributed by atoms with Gasteiger partial charge in [0.2, 0.25) is 0 Å². The van der Waals surface area contributed by atoms with Crippen molar-refractivity contribution in [2.45, 2.75) is 13.8 Å². The number of hydrogen-bond donors (Lipinski definition) is 3. The minimum absolute atomic E-state index is 0.00180. The zero-order valence-corrected chi connectivity index (χ0v) is 23.4. The van der Waals surface area contributed by atoms with E-state index in [1.165, 1.54) is 18.2 Å². The molecule has 42 heavy (non-hydrogen) atoms. The molecule has 5 aromatic rings. The summed E-state index contributed by atoms with van der Waals surface area (Å²) < 4.78 is 25.7. The third kappa shape index (κ3) is 5.36. The lowest BCUT2D eigenvalue weighted by molar-refractivity contribution is 0.0962. The second-order valence-electron chi connectivity index (χ2n) is 9.60. The van der Waals surface area contributed by atoms with Gasteiger partial charge >= 0.3 is 0 Å². The summed E-state index contributed by atoms with van der Waals surface area (Å²) in [6.07, 6.45) is 0. The molecule has 8 nitrogen and oxygen atoms in total. The molecule has 0 aliphatic carbocycles. The third-order valence-corrected chi connectivity index (χ3v) is 7.09. The molecule has 0 unspecified atom stereocenters. The predicted octanol–water partition coefficient (Wildman–Crippen LogP) is 6.71. The molecule has 0 fully saturated rings. The van der Waals surface area contributed by atoms with Gasteiger partial charge in [0.25, 0.3) is 11.8 Å². The molecule has 0 saturated heterocycles. The fourth-order valence-corrected chi connectivity index (χ4v) is 4.98. The van der Waals surface area contributed by atoms with E-state index < -0.39 is 11.7 Å². The monoisotopic (exact) mass is 567 g/mol. The van der Waals surface area contributed by atoms with E-state index in [-0.39, 0.29) is 17.2 Å². The van der Waals surface area contributed by atoms with Crippen LogP contribution in [0.1, 0.15) is 34.6 Å². The number of aromatic hydroxyl groups is 1. The lowest BCUT2D eigenvalue weighted by Crippen LogP contribution is -2.22. The molecule has 0 radical (unpaired) electrons. The standard InChI is InChI=1S/C33H30FN3O5/c1-4-37(5-2)27-18-29-26(17-24(27)20-11-14-28(38)25(15-20)32(35)39)30(33(40)36-3)31(42-29)19-9-12-22(13-10-19)41-23-8-6-7-21(34)16-23/h6-18,38H,4-5H2,1-3H3,(H2,35,39)(H,36,40). The van der Waals surface area contributed by atoms with Crippen LogP contribution in [0.4, 0.5) is 10.1 Å². The Morgan fingerprint density at radius 3 is 2.31 bits per heavy atom. The molecule has 0 saturated carbocycles. The lowest BCUT2D eigenvalue weighted by atomic mass is 9.96. The van der Waals surface area contributed by atoms with Crippen LogP contribution in [0, 0.1) is 5.82 Å². The van der Waals surface area contributed by atoms with Crippen LogP contribution < -0.4 is 20.7 Å². The van der Waals surface area contributed by atoms with Crippen molar-refractivity contribution < 1.29 is 28.2 Å². The Kier molecular flexibility index (Phi) is 7.84. The molecule has 9 heteroatoms. The zero-order chi connectivity index (χ0) is 30.0. The van der Waals surface area contributed by atoms with E-state index in [9.17, 15) is 19.1 Å². The number of furan rings is 1. The second-order valence-corrected chi connectivity index (χ2v) is 9.60. The lowest BCUT2D eigenvalue weighted by Gasteiger charge is -2.24. The van der Waals surface area contributed by atoms with Gasteiger partial charge in [-0.25, -0.2) is 4.39 Å². The van der Waals surface area contributed by atoms with Crippen LogP contribution in [-0.4, -0.2) is 37.1 Å². The minimum atomic E-state index is -0.749. The number of carbonyl (C=O) groups excluding carboxylic acids is 2. The van der Waals surface area contributed by atoms with Gasteiger partial charge in [0, 0.05) is 54.5 Å². The number of nitrogens with one attached hydrogen (secondary N) is 1. The molecule has 214 valence electrons. The van der Waals surface area contributed by atoms with Crippen molar-refractivity contribution in [3.05, 3.63) is 95.8 Å². The first-order valence-electron chi connectivity index (χ1n) is 13.5. The van der Waals surface area contributed by atoms with Gasteiger partial charge in [-0.3, -0.25) is 9.59 Å². The van der Waals surface area contributed by atoms with Crippen LogP contribution >= 0.6 is 0 Å². The Morgan fingerprint density at radius 2 is 1.67 bits per heavy atom. The Morgan fingerprint density at radius 1 is 0.952 bits per heavy atom. The summed E-state index contributed by atoms with van der Waals surface area (Å²) in [5.74, 6) is -0.474. The molecule has 2 amide bonds. The number of nitrogens with zero attached hydrogens (tertiary/aromatic N) is 1. The molecule has 0 bridgehead atoms. The quantitative estimate of drug-likeness (QED) is 0.182.